The molecular formula is C17H25NO4. The van der Waals surface area contributed by atoms with E-state index in [1.165, 1.54) is 5.56 Å². The number of aryl methyl sites for hydroxylation is 1. The molecule has 1 N–H and O–H groups in total. The molecule has 0 heterocycles. The molecule has 1 aromatic rings. The van der Waals surface area contributed by atoms with Gasteiger partial charge in [0.1, 0.15) is 0 Å². The molecule has 0 saturated carbocycles. The number of rotatable bonds is 11. The maximum Gasteiger partial charge on any atom is 0.319 e. The van der Waals surface area contributed by atoms with Crippen LogP contribution in [0.4, 0.5) is 0 Å². The van der Waals surface area contributed by atoms with E-state index in [2.05, 4.69) is 17.4 Å². The summed E-state index contributed by atoms with van der Waals surface area (Å²) in [6.45, 7) is 3.38. The van der Waals surface area contributed by atoms with E-state index in [0.29, 0.717) is 32.6 Å². The first kappa shape index (κ1) is 18.2. The minimum Gasteiger partial charge on any atom is -0.466 e. The molecule has 0 bridgehead atoms. The van der Waals surface area contributed by atoms with Gasteiger partial charge in [-0.15, -0.1) is 0 Å². The Hall–Kier alpha value is -1.88. The predicted octanol–water partition coefficient (Wildman–Crippen LogP) is 2.10. The van der Waals surface area contributed by atoms with E-state index in [1.807, 2.05) is 18.2 Å². The van der Waals surface area contributed by atoms with Gasteiger partial charge in [-0.25, -0.2) is 0 Å². The number of hydrogen-bond donors (Lipinski definition) is 1. The number of nitrogens with one attached hydrogen (secondary N) is 1. The summed E-state index contributed by atoms with van der Waals surface area (Å²) in [4.78, 5) is 22.6. The fraction of sp³-hybridized carbons (Fsp3) is 0.529. The summed E-state index contributed by atoms with van der Waals surface area (Å²) < 4.78 is 9.95. The maximum absolute atomic E-state index is 11.5. The minimum absolute atomic E-state index is 0.175. The third kappa shape index (κ3) is 9.13. The molecule has 122 valence electrons. The summed E-state index contributed by atoms with van der Waals surface area (Å²) >= 11 is 0. The molecule has 0 aromatic heterocycles. The number of carbonyl (C=O) groups excluding carboxylic acids is 2. The minimum atomic E-state index is -0.260. The predicted molar refractivity (Wildman–Crippen MR) is 84.5 cm³/mol. The first-order valence-electron chi connectivity index (χ1n) is 7.78. The Labute approximate surface area is 132 Å². The maximum atomic E-state index is 11.5. The van der Waals surface area contributed by atoms with Gasteiger partial charge < -0.3 is 14.8 Å². The van der Waals surface area contributed by atoms with Crippen LogP contribution in [0.3, 0.4) is 0 Å². The van der Waals surface area contributed by atoms with Crippen LogP contribution in [0.15, 0.2) is 30.3 Å². The molecule has 1 aromatic carbocycles. The van der Waals surface area contributed by atoms with Crippen molar-refractivity contribution in [3.8, 4) is 0 Å². The van der Waals surface area contributed by atoms with Crippen molar-refractivity contribution in [1.29, 1.82) is 0 Å². The Morgan fingerprint density at radius 2 is 1.82 bits per heavy atom. The normalized spacial score (nSPS) is 10.2. The molecule has 1 rings (SSSR count). The fourth-order valence-electron chi connectivity index (χ4n) is 1.94. The zero-order valence-electron chi connectivity index (χ0n) is 13.2. The molecule has 0 amide bonds. The molecule has 0 atom stereocenters. The van der Waals surface area contributed by atoms with Crippen molar-refractivity contribution in [2.24, 2.45) is 0 Å². The summed E-state index contributed by atoms with van der Waals surface area (Å²) in [5.41, 5.74) is 1.25. The van der Waals surface area contributed by atoms with Gasteiger partial charge in [-0.2, -0.15) is 0 Å². The SMILES string of the molecule is CCOC(=O)CCCNCC(=O)OCCCc1ccccc1. The van der Waals surface area contributed by atoms with E-state index in [4.69, 9.17) is 9.47 Å². The molecule has 0 unspecified atom stereocenters. The van der Waals surface area contributed by atoms with Crippen LogP contribution in [-0.2, 0) is 25.5 Å². The van der Waals surface area contributed by atoms with Crippen LogP contribution in [0.5, 0.6) is 0 Å². The van der Waals surface area contributed by atoms with E-state index in [0.717, 1.165) is 12.8 Å². The largest absolute Gasteiger partial charge is 0.466 e. The molecule has 0 spiro atoms. The number of hydrogen-bond acceptors (Lipinski definition) is 5. The molecule has 22 heavy (non-hydrogen) atoms. The Bertz CT molecular complexity index is 434. The molecule has 0 aliphatic rings. The summed E-state index contributed by atoms with van der Waals surface area (Å²) in [6, 6.07) is 10.1. The second kappa shape index (κ2) is 11.7. The van der Waals surface area contributed by atoms with E-state index >= 15 is 0 Å². The van der Waals surface area contributed by atoms with Gasteiger partial charge in [0, 0.05) is 6.42 Å². The Morgan fingerprint density at radius 3 is 2.55 bits per heavy atom. The van der Waals surface area contributed by atoms with E-state index in [1.54, 1.807) is 6.92 Å². The molecule has 5 nitrogen and oxygen atoms in total. The average molecular weight is 307 g/mol. The highest BCUT2D eigenvalue weighted by atomic mass is 16.5. The third-order valence-corrected chi connectivity index (χ3v) is 3.02. The summed E-state index contributed by atoms with van der Waals surface area (Å²) in [5.74, 6) is -0.461. The van der Waals surface area contributed by atoms with Crippen molar-refractivity contribution in [3.05, 3.63) is 35.9 Å². The number of carbonyl (C=O) groups is 2. The average Bonchev–Trinajstić information content (AvgIpc) is 2.52. The zero-order valence-corrected chi connectivity index (χ0v) is 13.2. The van der Waals surface area contributed by atoms with Crippen LogP contribution in [0, 0.1) is 0 Å². The van der Waals surface area contributed by atoms with E-state index in [9.17, 15) is 9.59 Å². The van der Waals surface area contributed by atoms with Gasteiger partial charge in [0.2, 0.25) is 0 Å². The summed E-state index contributed by atoms with van der Waals surface area (Å²) in [6.07, 6.45) is 2.74. The summed E-state index contributed by atoms with van der Waals surface area (Å²) in [7, 11) is 0. The van der Waals surface area contributed by atoms with Crippen LogP contribution in [0.25, 0.3) is 0 Å². The van der Waals surface area contributed by atoms with Crippen molar-refractivity contribution >= 4 is 11.9 Å². The fourth-order valence-corrected chi connectivity index (χ4v) is 1.94. The lowest BCUT2D eigenvalue weighted by Gasteiger charge is -2.06. The molecule has 0 radical (unpaired) electrons. The highest BCUT2D eigenvalue weighted by molar-refractivity contribution is 5.71. The second-order valence-corrected chi connectivity index (χ2v) is 4.89. The molecule has 5 heteroatoms. The van der Waals surface area contributed by atoms with Crippen molar-refractivity contribution in [2.75, 3.05) is 26.3 Å². The van der Waals surface area contributed by atoms with Gasteiger partial charge in [0.05, 0.1) is 19.8 Å². The highest BCUT2D eigenvalue weighted by Gasteiger charge is 2.04. The van der Waals surface area contributed by atoms with Crippen molar-refractivity contribution in [3.63, 3.8) is 0 Å². The topological polar surface area (TPSA) is 64.6 Å². The van der Waals surface area contributed by atoms with E-state index < -0.39 is 0 Å². The quantitative estimate of drug-likeness (QED) is 0.501. The number of ether oxygens (including phenoxy) is 2. The van der Waals surface area contributed by atoms with Crippen molar-refractivity contribution in [2.45, 2.75) is 32.6 Å². The first-order chi connectivity index (χ1) is 10.7. The Balaban J connectivity index is 1.94. The molecular weight excluding hydrogens is 282 g/mol. The Kier molecular flexibility index (Phi) is 9.70. The van der Waals surface area contributed by atoms with Crippen molar-refractivity contribution in [1.82, 2.24) is 5.32 Å². The number of esters is 2. The monoisotopic (exact) mass is 307 g/mol. The van der Waals surface area contributed by atoms with E-state index in [-0.39, 0.29) is 18.5 Å². The van der Waals surface area contributed by atoms with Crippen LogP contribution < -0.4 is 5.32 Å². The van der Waals surface area contributed by atoms with Gasteiger partial charge in [-0.1, -0.05) is 30.3 Å². The second-order valence-electron chi connectivity index (χ2n) is 4.89. The van der Waals surface area contributed by atoms with Gasteiger partial charge in [-0.05, 0) is 38.3 Å². The molecule has 0 aliphatic heterocycles. The number of benzene rings is 1. The van der Waals surface area contributed by atoms with Gasteiger partial charge in [0.25, 0.3) is 0 Å². The first-order valence-corrected chi connectivity index (χ1v) is 7.78. The third-order valence-electron chi connectivity index (χ3n) is 3.02. The van der Waals surface area contributed by atoms with Gasteiger partial charge >= 0.3 is 11.9 Å². The lowest BCUT2D eigenvalue weighted by Crippen LogP contribution is -2.26. The smallest absolute Gasteiger partial charge is 0.319 e. The Morgan fingerprint density at radius 1 is 1.05 bits per heavy atom. The zero-order chi connectivity index (χ0) is 16.0. The van der Waals surface area contributed by atoms with Crippen LogP contribution in [0.1, 0.15) is 31.7 Å². The molecule has 0 aliphatic carbocycles. The van der Waals surface area contributed by atoms with Crippen LogP contribution >= 0.6 is 0 Å². The summed E-state index contributed by atoms with van der Waals surface area (Å²) in [5, 5.41) is 2.96. The standard InChI is InChI=1S/C17H25NO4/c1-2-21-16(19)11-6-12-18-14-17(20)22-13-7-10-15-8-4-3-5-9-15/h3-5,8-9,18H,2,6-7,10-14H2,1H3. The van der Waals surface area contributed by atoms with Crippen molar-refractivity contribution < 1.29 is 19.1 Å². The van der Waals surface area contributed by atoms with Gasteiger partial charge in [0.15, 0.2) is 0 Å². The molecule has 0 fully saturated rings. The van der Waals surface area contributed by atoms with Crippen LogP contribution in [-0.4, -0.2) is 38.2 Å². The van der Waals surface area contributed by atoms with Gasteiger partial charge in [-0.3, -0.25) is 9.59 Å². The highest BCUT2D eigenvalue weighted by Crippen LogP contribution is 2.02. The lowest BCUT2D eigenvalue weighted by molar-refractivity contribution is -0.143. The lowest BCUT2D eigenvalue weighted by atomic mass is 10.1. The molecule has 0 saturated heterocycles. The van der Waals surface area contributed by atoms with Crippen LogP contribution in [0.2, 0.25) is 0 Å².